The first-order chi connectivity index (χ1) is 33.0. The molecular weight excluding hydrogens is 888 g/mol. The van der Waals surface area contributed by atoms with Gasteiger partial charge in [-0.3, -0.25) is 24.0 Å². The number of nitrogens with zero attached hydrogens (tertiary/aromatic N) is 7. The van der Waals surface area contributed by atoms with Crippen molar-refractivity contribution < 1.29 is 33.5 Å². The minimum Gasteiger partial charge on any atom is -0.457 e. The molecule has 0 bridgehead atoms. The van der Waals surface area contributed by atoms with Gasteiger partial charge in [-0.15, -0.1) is 0 Å². The van der Waals surface area contributed by atoms with Crippen LogP contribution in [0.4, 0.5) is 17.3 Å². The lowest BCUT2D eigenvalue weighted by atomic mass is 10.0. The van der Waals surface area contributed by atoms with E-state index in [4.69, 9.17) is 16.3 Å². The Labute approximate surface area is 398 Å². The number of ether oxygens (including phenoxy) is 1. The number of nitrogens with one attached hydrogen (secondary N) is 3. The van der Waals surface area contributed by atoms with Crippen LogP contribution in [0.2, 0.25) is 5.02 Å². The Morgan fingerprint density at radius 2 is 1.66 bits per heavy atom. The molecule has 0 aliphatic carbocycles. The summed E-state index contributed by atoms with van der Waals surface area (Å²) < 4.78 is 5.83. The van der Waals surface area contributed by atoms with Crippen molar-refractivity contribution in [2.24, 2.45) is 0 Å². The minimum absolute atomic E-state index is 0.132. The van der Waals surface area contributed by atoms with E-state index in [1.807, 2.05) is 36.4 Å². The molecule has 18 heteroatoms. The van der Waals surface area contributed by atoms with Crippen molar-refractivity contribution in [3.05, 3.63) is 130 Å². The highest BCUT2D eigenvalue weighted by Crippen LogP contribution is 2.32. The number of carbonyl (C=O) groups is 6. The third-order valence-electron chi connectivity index (χ3n) is 12.0. The van der Waals surface area contributed by atoms with Crippen molar-refractivity contribution in [3.63, 3.8) is 0 Å². The Hall–Kier alpha value is -7.50. The second-order valence-corrected chi connectivity index (χ2v) is 16.9. The number of anilines is 3. The maximum atomic E-state index is 13.5. The van der Waals surface area contributed by atoms with Crippen molar-refractivity contribution in [2.75, 3.05) is 75.5 Å². The van der Waals surface area contributed by atoms with Crippen LogP contribution in [0.25, 0.3) is 11.0 Å². The number of amides is 2. The third-order valence-corrected chi connectivity index (χ3v) is 12.3. The normalized spacial score (nSPS) is 15.3. The van der Waals surface area contributed by atoms with Crippen LogP contribution in [0.15, 0.2) is 97.6 Å². The lowest BCUT2D eigenvalue weighted by Crippen LogP contribution is -2.47. The number of fused-ring (bicyclic) bond motifs is 1. The van der Waals surface area contributed by atoms with Crippen LogP contribution in [0.3, 0.4) is 0 Å². The van der Waals surface area contributed by atoms with Crippen molar-refractivity contribution in [3.8, 4) is 11.5 Å². The zero-order valence-electron chi connectivity index (χ0n) is 38.1. The number of likely N-dealkylation sites (N-methyl/N-ethyl adjacent to an activating group) is 3. The molecule has 2 saturated heterocycles. The number of halogens is 1. The standard InChI is InChI=1S/C25H24ClN5O2.C25H29N5O5/c1-31-11-5-6-16(14-31)30-25-22-20(13-27-24(22)28-15-29-25)23(32)19-10-9-18(12-21(19)26)33-17-7-3-2-4-8-17;1-26-24(34)22(4-3-13-31)28(2)25(35)21-14-20(7-6-19(21)17-33)29-9-11-30(12-10-29)23-8-5-18(16-32)15-27-23/h2-4,7-10,12-13,15-16H,5-6,11,14H2,1H3,(H2,27,28,29,30);5-8,13-17,22H,3-4,9-12H2,1-2H3,(H,26,34). The average Bonchev–Trinajstić information content (AvgIpc) is 3.82. The third kappa shape index (κ3) is 11.5. The number of piperidine rings is 1. The van der Waals surface area contributed by atoms with Crippen molar-refractivity contribution in [1.29, 1.82) is 0 Å². The smallest absolute Gasteiger partial charge is 0.255 e. The highest BCUT2D eigenvalue weighted by atomic mass is 35.5. The molecule has 2 amide bonds. The van der Waals surface area contributed by atoms with Gasteiger partial charge in [0.25, 0.3) is 5.91 Å². The molecule has 8 rings (SSSR count). The second-order valence-electron chi connectivity index (χ2n) is 16.5. The first-order valence-electron chi connectivity index (χ1n) is 22.3. The molecule has 352 valence electrons. The largest absolute Gasteiger partial charge is 0.457 e. The minimum atomic E-state index is -0.831. The first kappa shape index (κ1) is 48.4. The quantitative estimate of drug-likeness (QED) is 0.0717. The molecule has 68 heavy (non-hydrogen) atoms. The molecule has 3 N–H and O–H groups in total. The van der Waals surface area contributed by atoms with Gasteiger partial charge in [0.15, 0.2) is 18.4 Å². The molecule has 5 heterocycles. The number of hydrogen-bond acceptors (Lipinski definition) is 14. The van der Waals surface area contributed by atoms with E-state index in [0.29, 0.717) is 88.8 Å². The summed E-state index contributed by atoms with van der Waals surface area (Å²) in [5.41, 5.74) is 3.24. The molecule has 2 aliphatic rings. The fourth-order valence-electron chi connectivity index (χ4n) is 8.34. The van der Waals surface area contributed by atoms with Crippen molar-refractivity contribution >= 4 is 76.4 Å². The van der Waals surface area contributed by atoms with Crippen LogP contribution in [0, 0.1) is 0 Å². The van der Waals surface area contributed by atoms with Crippen molar-refractivity contribution in [2.45, 2.75) is 37.8 Å². The molecule has 0 spiro atoms. The number of carbonyl (C=O) groups excluding carboxylic acids is 6. The van der Waals surface area contributed by atoms with Crippen LogP contribution in [0.1, 0.15) is 72.7 Å². The number of likely N-dealkylation sites (tertiary alicyclic amines) is 1. The zero-order valence-corrected chi connectivity index (χ0v) is 38.8. The van der Waals surface area contributed by atoms with Gasteiger partial charge in [0.1, 0.15) is 47.4 Å². The summed E-state index contributed by atoms with van der Waals surface area (Å²) >= 11 is 6.51. The molecule has 2 fully saturated rings. The molecule has 2 aliphatic heterocycles. The van der Waals surface area contributed by atoms with Gasteiger partial charge in [-0.25, -0.2) is 15.0 Å². The molecule has 3 aromatic carbocycles. The van der Waals surface area contributed by atoms with E-state index in [-0.39, 0.29) is 41.7 Å². The summed E-state index contributed by atoms with van der Waals surface area (Å²) in [6, 6.07) is 22.6. The van der Waals surface area contributed by atoms with E-state index >= 15 is 0 Å². The number of hydrogen-bond donors (Lipinski definition) is 3. The maximum Gasteiger partial charge on any atom is 0.255 e. The first-order valence-corrected chi connectivity index (χ1v) is 22.7. The molecule has 2 unspecified atom stereocenters. The topological polar surface area (TPSA) is 203 Å². The molecule has 6 aromatic rings. The SMILES string of the molecule is CN1CCCC(Nc2ncnc3[nH]cc(C(=O)c4ccc(Oc5ccccc5)cc4Cl)c23)C1.CNC(=O)C(CCC=O)N(C)C(=O)c1cc(N2CCN(c3ccc(C=O)cn3)CC2)ccc1C=O. The van der Waals surface area contributed by atoms with Crippen LogP contribution in [-0.2, 0) is 9.59 Å². The van der Waals surface area contributed by atoms with E-state index in [1.54, 1.807) is 54.9 Å². The van der Waals surface area contributed by atoms with Gasteiger partial charge >= 0.3 is 0 Å². The lowest BCUT2D eigenvalue weighted by Gasteiger charge is -2.37. The Bertz CT molecular complexity index is 2750. The van der Waals surface area contributed by atoms with Crippen molar-refractivity contribution in [1.82, 2.24) is 35.1 Å². The number of piperazine rings is 1. The van der Waals surface area contributed by atoms with E-state index in [2.05, 4.69) is 52.3 Å². The fourth-order valence-corrected chi connectivity index (χ4v) is 8.60. The van der Waals surface area contributed by atoms with Gasteiger partial charge in [-0.1, -0.05) is 29.8 Å². The number of ketones is 1. The monoisotopic (exact) mass is 940 g/mol. The zero-order chi connectivity index (χ0) is 48.2. The van der Waals surface area contributed by atoms with Gasteiger partial charge in [-0.05, 0) is 87.5 Å². The van der Waals surface area contributed by atoms with E-state index in [1.165, 1.54) is 25.3 Å². The molecule has 0 saturated carbocycles. The number of para-hydroxylation sites is 1. The number of aldehydes is 3. The van der Waals surface area contributed by atoms with Crippen LogP contribution in [0.5, 0.6) is 11.5 Å². The number of pyridine rings is 1. The average molecular weight is 941 g/mol. The van der Waals surface area contributed by atoms with Crippen LogP contribution in [-0.4, -0.2) is 139 Å². The van der Waals surface area contributed by atoms with Crippen LogP contribution >= 0.6 is 11.6 Å². The lowest BCUT2D eigenvalue weighted by molar-refractivity contribution is -0.125. The highest BCUT2D eigenvalue weighted by Gasteiger charge is 2.29. The number of aromatic nitrogens is 4. The number of rotatable bonds is 16. The molecule has 0 radical (unpaired) electrons. The predicted octanol–water partition coefficient (Wildman–Crippen LogP) is 6.34. The second kappa shape index (κ2) is 22.8. The summed E-state index contributed by atoms with van der Waals surface area (Å²) in [5, 5.41) is 7.04. The van der Waals surface area contributed by atoms with Gasteiger partial charge in [0.05, 0.1) is 21.5 Å². The molecule has 2 atom stereocenters. The Morgan fingerprint density at radius 1 is 0.882 bits per heavy atom. The van der Waals surface area contributed by atoms with Gasteiger partial charge in [-0.2, -0.15) is 0 Å². The molecule has 17 nitrogen and oxygen atoms in total. The number of H-pyrrole nitrogens is 1. The van der Waals surface area contributed by atoms with E-state index in [0.717, 1.165) is 43.7 Å². The summed E-state index contributed by atoms with van der Waals surface area (Å²) in [4.78, 5) is 96.5. The van der Waals surface area contributed by atoms with Crippen LogP contribution < -0.4 is 25.2 Å². The van der Waals surface area contributed by atoms with E-state index in [9.17, 15) is 28.8 Å². The summed E-state index contributed by atoms with van der Waals surface area (Å²) in [5.74, 6) is 1.67. The maximum absolute atomic E-state index is 13.5. The van der Waals surface area contributed by atoms with E-state index < -0.39 is 11.9 Å². The predicted molar refractivity (Wildman–Crippen MR) is 261 cm³/mol. The summed E-state index contributed by atoms with van der Waals surface area (Å²) in [7, 11) is 5.08. The summed E-state index contributed by atoms with van der Waals surface area (Å²) in [6.07, 6.45) is 9.30. The fraction of sp³-hybridized carbons (Fsp3) is 0.300. The Kier molecular flexibility index (Phi) is 16.2. The number of aromatic amines is 1. The number of benzene rings is 3. The van der Waals surface area contributed by atoms with Gasteiger partial charge in [0, 0.05) is 100 Å². The van der Waals surface area contributed by atoms with Gasteiger partial charge < -0.3 is 44.7 Å². The Morgan fingerprint density at radius 3 is 2.34 bits per heavy atom. The highest BCUT2D eigenvalue weighted by molar-refractivity contribution is 6.35. The molecule has 3 aromatic heterocycles. The van der Waals surface area contributed by atoms with Gasteiger partial charge in [0.2, 0.25) is 5.91 Å². The Balaban J connectivity index is 0.000000201. The molecular formula is C50H53ClN10O7. The summed E-state index contributed by atoms with van der Waals surface area (Å²) in [6.45, 7) is 4.73.